The van der Waals surface area contributed by atoms with Crippen LogP contribution in [0.1, 0.15) is 36.2 Å². The molecule has 1 N–H and O–H groups in total. The first kappa shape index (κ1) is 19.1. The van der Waals surface area contributed by atoms with E-state index in [1.165, 1.54) is 30.5 Å². The van der Waals surface area contributed by atoms with Crippen LogP contribution in [0, 0.1) is 16.0 Å². The summed E-state index contributed by atoms with van der Waals surface area (Å²) in [4.78, 5) is 22.2. The summed E-state index contributed by atoms with van der Waals surface area (Å²) >= 11 is 0. The number of non-ortho nitro benzene ring substituents is 1. The molecule has 26 heavy (non-hydrogen) atoms. The summed E-state index contributed by atoms with van der Waals surface area (Å²) in [5.41, 5.74) is 3.17. The maximum atomic E-state index is 12.0. The molecule has 2 aromatic carbocycles. The third kappa shape index (κ3) is 6.01. The highest BCUT2D eigenvalue weighted by atomic mass is 16.6. The zero-order valence-electron chi connectivity index (χ0n) is 14.7. The monoisotopic (exact) mass is 355 g/mol. The van der Waals surface area contributed by atoms with Crippen molar-refractivity contribution in [2.75, 3.05) is 6.61 Å². The quantitative estimate of drug-likeness (QED) is 0.443. The summed E-state index contributed by atoms with van der Waals surface area (Å²) in [6.07, 6.45) is 2.49. The van der Waals surface area contributed by atoms with Crippen molar-refractivity contribution in [1.29, 1.82) is 0 Å². The minimum absolute atomic E-state index is 0.144. The number of carbonyl (C=O) groups excluding carboxylic acids is 1. The fraction of sp³-hybridized carbons (Fsp3) is 0.263. The molecule has 0 saturated heterocycles. The molecular formula is C19H21N3O4. The summed E-state index contributed by atoms with van der Waals surface area (Å²) in [5.74, 6) is 0.859. The maximum Gasteiger partial charge on any atom is 0.271 e. The van der Waals surface area contributed by atoms with Gasteiger partial charge in [-0.05, 0) is 48.2 Å². The molecule has 7 heteroatoms. The lowest BCUT2D eigenvalue weighted by molar-refractivity contribution is -0.384. The van der Waals surface area contributed by atoms with Crippen molar-refractivity contribution in [3.63, 3.8) is 0 Å². The Morgan fingerprint density at radius 3 is 2.65 bits per heavy atom. The maximum absolute atomic E-state index is 12.0. The average molecular weight is 355 g/mol. The largest absolute Gasteiger partial charge is 0.494 e. The van der Waals surface area contributed by atoms with E-state index in [-0.39, 0.29) is 11.3 Å². The van der Waals surface area contributed by atoms with E-state index in [1.807, 2.05) is 24.3 Å². The molecule has 0 heterocycles. The highest BCUT2D eigenvalue weighted by molar-refractivity contribution is 5.95. The van der Waals surface area contributed by atoms with Gasteiger partial charge >= 0.3 is 0 Å². The zero-order chi connectivity index (χ0) is 18.9. The Bertz CT molecular complexity index is 786. The van der Waals surface area contributed by atoms with Crippen LogP contribution in [-0.2, 0) is 0 Å². The molecule has 0 saturated carbocycles. The minimum atomic E-state index is -0.551. The molecule has 0 aromatic heterocycles. The number of amides is 1. The molecule has 0 aliphatic rings. The number of nitro groups is 1. The van der Waals surface area contributed by atoms with E-state index >= 15 is 0 Å². The normalized spacial score (nSPS) is 10.9. The van der Waals surface area contributed by atoms with Crippen LogP contribution in [0.4, 0.5) is 5.69 Å². The van der Waals surface area contributed by atoms with Gasteiger partial charge in [0.25, 0.3) is 11.6 Å². The van der Waals surface area contributed by atoms with E-state index in [4.69, 9.17) is 4.74 Å². The fourth-order valence-electron chi connectivity index (χ4n) is 2.05. The molecular weight excluding hydrogens is 334 g/mol. The Morgan fingerprint density at radius 2 is 2.00 bits per heavy atom. The van der Waals surface area contributed by atoms with Gasteiger partial charge < -0.3 is 4.74 Å². The molecule has 2 rings (SSSR count). The van der Waals surface area contributed by atoms with Gasteiger partial charge in [0.05, 0.1) is 17.7 Å². The average Bonchev–Trinajstić information content (AvgIpc) is 2.62. The van der Waals surface area contributed by atoms with Gasteiger partial charge in [0.2, 0.25) is 0 Å². The second-order valence-corrected chi connectivity index (χ2v) is 6.11. The molecule has 0 aliphatic heterocycles. The minimum Gasteiger partial charge on any atom is -0.494 e. The van der Waals surface area contributed by atoms with E-state index in [1.54, 1.807) is 0 Å². The van der Waals surface area contributed by atoms with Crippen molar-refractivity contribution in [1.82, 2.24) is 5.43 Å². The smallest absolute Gasteiger partial charge is 0.271 e. The van der Waals surface area contributed by atoms with Crippen LogP contribution in [0.25, 0.3) is 0 Å². The summed E-state index contributed by atoms with van der Waals surface area (Å²) in [5, 5.41) is 14.6. The number of hydrogen-bond donors (Lipinski definition) is 1. The fourth-order valence-corrected chi connectivity index (χ4v) is 2.05. The summed E-state index contributed by atoms with van der Waals surface area (Å²) in [6, 6.07) is 12.8. The lowest BCUT2D eigenvalue weighted by atomic mass is 10.1. The Morgan fingerprint density at radius 1 is 1.27 bits per heavy atom. The van der Waals surface area contributed by atoms with Crippen LogP contribution in [0.3, 0.4) is 0 Å². The lowest BCUT2D eigenvalue weighted by Gasteiger charge is -2.07. The van der Waals surface area contributed by atoms with Gasteiger partial charge in [-0.1, -0.05) is 19.9 Å². The Kier molecular flexibility index (Phi) is 6.84. The summed E-state index contributed by atoms with van der Waals surface area (Å²) in [7, 11) is 0. The van der Waals surface area contributed by atoms with Crippen LogP contribution in [0.15, 0.2) is 53.6 Å². The van der Waals surface area contributed by atoms with Crippen molar-refractivity contribution in [2.24, 2.45) is 11.0 Å². The van der Waals surface area contributed by atoms with Gasteiger partial charge in [0, 0.05) is 17.7 Å². The van der Waals surface area contributed by atoms with Crippen LogP contribution < -0.4 is 10.2 Å². The van der Waals surface area contributed by atoms with Gasteiger partial charge in [-0.2, -0.15) is 5.10 Å². The van der Waals surface area contributed by atoms with Crippen LogP contribution >= 0.6 is 0 Å². The van der Waals surface area contributed by atoms with Crippen LogP contribution in [0.5, 0.6) is 5.75 Å². The van der Waals surface area contributed by atoms with E-state index in [9.17, 15) is 14.9 Å². The van der Waals surface area contributed by atoms with Crippen molar-refractivity contribution in [3.8, 4) is 5.75 Å². The number of hydrazone groups is 1. The van der Waals surface area contributed by atoms with Gasteiger partial charge in [0.15, 0.2) is 0 Å². The zero-order valence-corrected chi connectivity index (χ0v) is 14.7. The molecule has 7 nitrogen and oxygen atoms in total. The number of ether oxygens (including phenoxy) is 1. The number of nitrogens with one attached hydrogen (secondary N) is 1. The van der Waals surface area contributed by atoms with Gasteiger partial charge in [-0.15, -0.1) is 0 Å². The number of rotatable bonds is 8. The molecule has 0 atom stereocenters. The number of carbonyl (C=O) groups is 1. The predicted octanol–water partition coefficient (Wildman–Crippen LogP) is 3.78. The third-order valence-electron chi connectivity index (χ3n) is 3.54. The molecule has 0 spiro atoms. The molecule has 0 aliphatic carbocycles. The second-order valence-electron chi connectivity index (χ2n) is 6.11. The van der Waals surface area contributed by atoms with E-state index in [0.29, 0.717) is 12.5 Å². The molecule has 0 radical (unpaired) electrons. The summed E-state index contributed by atoms with van der Waals surface area (Å²) < 4.78 is 5.63. The van der Waals surface area contributed by atoms with E-state index in [0.717, 1.165) is 17.7 Å². The van der Waals surface area contributed by atoms with Crippen molar-refractivity contribution < 1.29 is 14.5 Å². The van der Waals surface area contributed by atoms with Crippen molar-refractivity contribution in [3.05, 3.63) is 69.8 Å². The molecule has 0 unspecified atom stereocenters. The predicted molar refractivity (Wildman–Crippen MR) is 99.5 cm³/mol. The number of benzene rings is 2. The first-order valence-corrected chi connectivity index (χ1v) is 8.26. The van der Waals surface area contributed by atoms with Crippen molar-refractivity contribution in [2.45, 2.75) is 20.3 Å². The van der Waals surface area contributed by atoms with Crippen LogP contribution in [0.2, 0.25) is 0 Å². The molecule has 0 fully saturated rings. The Labute approximate surface area is 151 Å². The second kappa shape index (κ2) is 9.31. The number of nitro benzene ring substituents is 1. The molecule has 136 valence electrons. The highest BCUT2D eigenvalue weighted by Crippen LogP contribution is 2.14. The number of nitrogens with zero attached hydrogens (tertiary/aromatic N) is 2. The first-order valence-electron chi connectivity index (χ1n) is 8.26. The third-order valence-corrected chi connectivity index (χ3v) is 3.54. The molecule has 0 bridgehead atoms. The lowest BCUT2D eigenvalue weighted by Crippen LogP contribution is -2.17. The van der Waals surface area contributed by atoms with Crippen molar-refractivity contribution >= 4 is 17.8 Å². The van der Waals surface area contributed by atoms with E-state index < -0.39 is 10.8 Å². The van der Waals surface area contributed by atoms with Gasteiger partial charge in [0.1, 0.15) is 5.75 Å². The SMILES string of the molecule is CC(C)CCOc1ccc(/C=N\NC(=O)c2cccc([N+](=O)[O-])c2)cc1. The topological polar surface area (TPSA) is 93.8 Å². The highest BCUT2D eigenvalue weighted by Gasteiger charge is 2.10. The van der Waals surface area contributed by atoms with E-state index in [2.05, 4.69) is 24.4 Å². The first-order chi connectivity index (χ1) is 12.5. The Balaban J connectivity index is 1.88. The number of hydrogen-bond acceptors (Lipinski definition) is 5. The molecule has 1 amide bonds. The van der Waals surface area contributed by atoms with Gasteiger partial charge in [-0.3, -0.25) is 14.9 Å². The van der Waals surface area contributed by atoms with Crippen LogP contribution in [-0.4, -0.2) is 23.7 Å². The Hall–Kier alpha value is -3.22. The standard InChI is InChI=1S/C19H21N3O4/c1-14(2)10-11-26-18-8-6-15(7-9-18)13-20-21-19(23)16-4-3-5-17(12-16)22(24)25/h3-9,12-14H,10-11H2,1-2H3,(H,21,23)/b20-13-. The summed E-state index contributed by atoms with van der Waals surface area (Å²) in [6.45, 7) is 4.96. The molecule has 2 aromatic rings. The van der Waals surface area contributed by atoms with Gasteiger partial charge in [-0.25, -0.2) is 5.43 Å².